The third-order valence-corrected chi connectivity index (χ3v) is 3.92. The lowest BCUT2D eigenvalue weighted by atomic mass is 9.95. The van der Waals surface area contributed by atoms with Crippen LogP contribution in [-0.2, 0) is 4.74 Å². The molecule has 0 radical (unpaired) electrons. The van der Waals surface area contributed by atoms with Crippen LogP contribution in [-0.4, -0.2) is 29.6 Å². The maximum atomic E-state index is 12.0. The van der Waals surface area contributed by atoms with Crippen molar-refractivity contribution in [1.82, 2.24) is 5.32 Å². The largest absolute Gasteiger partial charge is 0.458 e. The molecule has 0 saturated heterocycles. The standard InChI is InChI=1S/C16H22N2O4/c1-12(11-17-14-5-3-2-4-6-14)22-16(19)13-7-9-15(10-8-13)18(20)21/h7-10,12,14,17H,2-6,11H2,1H3/t12-/m0/s1. The van der Waals surface area contributed by atoms with Crippen LogP contribution in [0.2, 0.25) is 0 Å². The number of carbonyl (C=O) groups is 1. The van der Waals surface area contributed by atoms with Crippen LogP contribution in [0.15, 0.2) is 24.3 Å². The number of nitrogens with zero attached hydrogens (tertiary/aromatic N) is 1. The molecule has 2 rings (SSSR count). The number of ether oxygens (including phenoxy) is 1. The van der Waals surface area contributed by atoms with Gasteiger partial charge in [-0.2, -0.15) is 0 Å². The van der Waals surface area contributed by atoms with Crippen molar-refractivity contribution in [3.8, 4) is 0 Å². The van der Waals surface area contributed by atoms with Crippen LogP contribution in [0, 0.1) is 10.1 Å². The summed E-state index contributed by atoms with van der Waals surface area (Å²) in [5.41, 5.74) is 0.290. The van der Waals surface area contributed by atoms with Gasteiger partial charge in [-0.25, -0.2) is 4.79 Å². The maximum Gasteiger partial charge on any atom is 0.338 e. The summed E-state index contributed by atoms with van der Waals surface area (Å²) in [4.78, 5) is 22.0. The molecule has 1 aromatic rings. The van der Waals surface area contributed by atoms with Crippen molar-refractivity contribution in [2.24, 2.45) is 0 Å². The molecule has 1 fully saturated rings. The van der Waals surface area contributed by atoms with Gasteiger partial charge in [-0.15, -0.1) is 0 Å². The van der Waals surface area contributed by atoms with Crippen molar-refractivity contribution < 1.29 is 14.5 Å². The number of rotatable bonds is 6. The van der Waals surface area contributed by atoms with Gasteiger partial charge < -0.3 is 10.1 Å². The number of non-ortho nitro benzene ring substituents is 1. The molecule has 0 aliphatic heterocycles. The van der Waals surface area contributed by atoms with Gasteiger partial charge in [-0.05, 0) is 31.9 Å². The second-order valence-electron chi connectivity index (χ2n) is 5.76. The van der Waals surface area contributed by atoms with E-state index in [1.807, 2.05) is 6.92 Å². The predicted molar refractivity (Wildman–Crippen MR) is 82.8 cm³/mol. The van der Waals surface area contributed by atoms with E-state index >= 15 is 0 Å². The number of nitrogens with one attached hydrogen (secondary N) is 1. The number of carbonyl (C=O) groups excluding carboxylic acids is 1. The maximum absolute atomic E-state index is 12.0. The van der Waals surface area contributed by atoms with Crippen LogP contribution in [0.25, 0.3) is 0 Å². The fourth-order valence-electron chi connectivity index (χ4n) is 2.65. The summed E-state index contributed by atoms with van der Waals surface area (Å²) in [5, 5.41) is 14.0. The molecular weight excluding hydrogens is 284 g/mol. The lowest BCUT2D eigenvalue weighted by Gasteiger charge is -2.24. The minimum atomic E-state index is -0.494. The first-order valence-electron chi connectivity index (χ1n) is 7.75. The molecule has 1 N–H and O–H groups in total. The van der Waals surface area contributed by atoms with Gasteiger partial charge in [-0.1, -0.05) is 19.3 Å². The summed E-state index contributed by atoms with van der Waals surface area (Å²) in [6.45, 7) is 2.47. The summed E-state index contributed by atoms with van der Waals surface area (Å²) < 4.78 is 5.36. The molecule has 6 nitrogen and oxygen atoms in total. The Bertz CT molecular complexity index is 509. The van der Waals surface area contributed by atoms with Crippen molar-refractivity contribution in [3.05, 3.63) is 39.9 Å². The lowest BCUT2D eigenvalue weighted by molar-refractivity contribution is -0.384. The van der Waals surface area contributed by atoms with E-state index in [1.165, 1.54) is 56.4 Å². The average Bonchev–Trinajstić information content (AvgIpc) is 2.54. The normalized spacial score (nSPS) is 17.0. The van der Waals surface area contributed by atoms with Crippen molar-refractivity contribution in [2.75, 3.05) is 6.54 Å². The van der Waals surface area contributed by atoms with Crippen molar-refractivity contribution in [2.45, 2.75) is 51.2 Å². The number of hydrogen-bond acceptors (Lipinski definition) is 5. The van der Waals surface area contributed by atoms with Crippen LogP contribution in [0.3, 0.4) is 0 Å². The zero-order valence-electron chi connectivity index (χ0n) is 12.8. The molecule has 6 heteroatoms. The van der Waals surface area contributed by atoms with E-state index in [0.717, 1.165) is 0 Å². The Morgan fingerprint density at radius 2 is 1.95 bits per heavy atom. The Morgan fingerprint density at radius 3 is 2.55 bits per heavy atom. The molecule has 0 heterocycles. The molecule has 1 aromatic carbocycles. The van der Waals surface area contributed by atoms with E-state index in [1.54, 1.807) is 0 Å². The van der Waals surface area contributed by atoms with E-state index < -0.39 is 10.9 Å². The quantitative estimate of drug-likeness (QED) is 0.496. The zero-order valence-corrected chi connectivity index (χ0v) is 12.8. The number of nitro benzene ring substituents is 1. The molecule has 0 bridgehead atoms. The first-order valence-corrected chi connectivity index (χ1v) is 7.75. The summed E-state index contributed by atoms with van der Waals surface area (Å²) in [7, 11) is 0. The second-order valence-corrected chi connectivity index (χ2v) is 5.76. The van der Waals surface area contributed by atoms with Crippen LogP contribution in [0.5, 0.6) is 0 Å². The lowest BCUT2D eigenvalue weighted by Crippen LogP contribution is -2.37. The SMILES string of the molecule is C[C@@H](CNC1CCCCC1)OC(=O)c1ccc([N+](=O)[O-])cc1. The van der Waals surface area contributed by atoms with E-state index in [9.17, 15) is 14.9 Å². The van der Waals surface area contributed by atoms with Crippen LogP contribution >= 0.6 is 0 Å². The highest BCUT2D eigenvalue weighted by Crippen LogP contribution is 2.17. The van der Waals surface area contributed by atoms with Crippen molar-refractivity contribution >= 4 is 11.7 Å². The molecule has 1 aliphatic carbocycles. The molecule has 1 saturated carbocycles. The average molecular weight is 306 g/mol. The van der Waals surface area contributed by atoms with Crippen LogP contribution < -0.4 is 5.32 Å². The van der Waals surface area contributed by atoms with E-state index in [0.29, 0.717) is 18.2 Å². The molecule has 1 aliphatic rings. The van der Waals surface area contributed by atoms with Crippen LogP contribution in [0.1, 0.15) is 49.4 Å². The number of benzene rings is 1. The molecule has 0 aromatic heterocycles. The zero-order chi connectivity index (χ0) is 15.9. The molecule has 1 atom stereocenters. The summed E-state index contributed by atoms with van der Waals surface area (Å²) in [5.74, 6) is -0.451. The number of hydrogen-bond donors (Lipinski definition) is 1. The molecule has 0 amide bonds. The van der Waals surface area contributed by atoms with Gasteiger partial charge in [-0.3, -0.25) is 10.1 Å². The highest BCUT2D eigenvalue weighted by molar-refractivity contribution is 5.89. The molecule has 120 valence electrons. The van der Waals surface area contributed by atoms with Crippen molar-refractivity contribution in [3.63, 3.8) is 0 Å². The van der Waals surface area contributed by atoms with Gasteiger partial charge in [0.15, 0.2) is 0 Å². The Morgan fingerprint density at radius 1 is 1.32 bits per heavy atom. The Labute approximate surface area is 130 Å². The van der Waals surface area contributed by atoms with Gasteiger partial charge in [0, 0.05) is 24.7 Å². The summed E-state index contributed by atoms with van der Waals surface area (Å²) >= 11 is 0. The Balaban J connectivity index is 1.78. The number of nitro groups is 1. The summed E-state index contributed by atoms with van der Waals surface area (Å²) in [6, 6.07) is 5.97. The molecule has 0 unspecified atom stereocenters. The minimum absolute atomic E-state index is 0.0384. The number of esters is 1. The Hall–Kier alpha value is -1.95. The van der Waals surface area contributed by atoms with Gasteiger partial charge in [0.25, 0.3) is 5.69 Å². The van der Waals surface area contributed by atoms with E-state index in [4.69, 9.17) is 4.74 Å². The van der Waals surface area contributed by atoms with Crippen LogP contribution in [0.4, 0.5) is 5.69 Å². The van der Waals surface area contributed by atoms with Gasteiger partial charge in [0.1, 0.15) is 6.10 Å². The Kier molecular flexibility index (Phi) is 5.89. The second kappa shape index (κ2) is 7.89. The topological polar surface area (TPSA) is 81.5 Å². The fourth-order valence-corrected chi connectivity index (χ4v) is 2.65. The molecule has 0 spiro atoms. The van der Waals surface area contributed by atoms with Gasteiger partial charge in [0.05, 0.1) is 10.5 Å². The first-order chi connectivity index (χ1) is 10.6. The molecule has 22 heavy (non-hydrogen) atoms. The van der Waals surface area contributed by atoms with Gasteiger partial charge in [0.2, 0.25) is 0 Å². The smallest absolute Gasteiger partial charge is 0.338 e. The van der Waals surface area contributed by atoms with Crippen molar-refractivity contribution in [1.29, 1.82) is 0 Å². The minimum Gasteiger partial charge on any atom is -0.458 e. The monoisotopic (exact) mass is 306 g/mol. The van der Waals surface area contributed by atoms with E-state index in [-0.39, 0.29) is 11.8 Å². The fraction of sp³-hybridized carbons (Fsp3) is 0.562. The first kappa shape index (κ1) is 16.4. The highest BCUT2D eigenvalue weighted by Gasteiger charge is 2.17. The third-order valence-electron chi connectivity index (χ3n) is 3.92. The molecular formula is C16H22N2O4. The van der Waals surface area contributed by atoms with Gasteiger partial charge >= 0.3 is 5.97 Å². The summed E-state index contributed by atoms with van der Waals surface area (Å²) in [6.07, 6.45) is 5.96. The highest BCUT2D eigenvalue weighted by atomic mass is 16.6. The van der Waals surface area contributed by atoms with E-state index in [2.05, 4.69) is 5.32 Å². The third kappa shape index (κ3) is 4.80. The predicted octanol–water partition coefficient (Wildman–Crippen LogP) is 3.06.